The Morgan fingerprint density at radius 1 is 1.08 bits per heavy atom. The van der Waals surface area contributed by atoms with Crippen LogP contribution in [0.3, 0.4) is 0 Å². The van der Waals surface area contributed by atoms with Crippen molar-refractivity contribution in [2.45, 2.75) is 44.0 Å². The van der Waals surface area contributed by atoms with E-state index in [1.807, 2.05) is 0 Å². The van der Waals surface area contributed by atoms with Gasteiger partial charge in [-0.1, -0.05) is 54.6 Å². The molecule has 1 saturated carbocycles. The summed E-state index contributed by atoms with van der Waals surface area (Å²) in [6.07, 6.45) is 3.49. The molecule has 2 unspecified atom stereocenters. The Labute approximate surface area is 157 Å². The molecule has 0 aromatic heterocycles. The molecule has 3 heteroatoms. The average Bonchev–Trinajstić information content (AvgIpc) is 3.34. The van der Waals surface area contributed by atoms with Crippen molar-refractivity contribution >= 4 is 11.6 Å². The van der Waals surface area contributed by atoms with Crippen molar-refractivity contribution in [2.24, 2.45) is 0 Å². The molecule has 0 amide bonds. The van der Waals surface area contributed by atoms with Crippen molar-refractivity contribution in [1.82, 2.24) is 4.90 Å². The number of aryl methyl sites for hydroxylation is 1. The van der Waals surface area contributed by atoms with Crippen LogP contribution >= 0.6 is 11.6 Å². The maximum Gasteiger partial charge on any atom is 0.0587 e. The number of hydrogen-bond donors (Lipinski definition) is 0. The lowest BCUT2D eigenvalue weighted by Gasteiger charge is -2.16. The Morgan fingerprint density at radius 2 is 1.68 bits per heavy atom. The number of hydrogen-bond acceptors (Lipinski definition) is 2. The smallest absolute Gasteiger partial charge is 0.0587 e. The molecule has 0 heterocycles. The van der Waals surface area contributed by atoms with E-state index in [9.17, 15) is 0 Å². The third kappa shape index (κ3) is 6.90. The lowest BCUT2D eigenvalue weighted by Crippen LogP contribution is -2.19. The van der Waals surface area contributed by atoms with Gasteiger partial charge in [-0.25, -0.2) is 0 Å². The van der Waals surface area contributed by atoms with Crippen LogP contribution < -0.4 is 0 Å². The predicted molar refractivity (Wildman–Crippen MR) is 106 cm³/mol. The van der Waals surface area contributed by atoms with Crippen molar-refractivity contribution in [3.05, 3.63) is 71.3 Å². The third-order valence-electron chi connectivity index (χ3n) is 4.42. The van der Waals surface area contributed by atoms with E-state index in [1.54, 1.807) is 6.07 Å². The van der Waals surface area contributed by atoms with Gasteiger partial charge in [-0.2, -0.15) is 5.26 Å². The van der Waals surface area contributed by atoms with Crippen molar-refractivity contribution < 1.29 is 0 Å². The van der Waals surface area contributed by atoms with Crippen LogP contribution in [-0.2, 0) is 13.0 Å². The zero-order valence-corrected chi connectivity index (χ0v) is 15.9. The lowest BCUT2D eigenvalue weighted by molar-refractivity contribution is 0.322. The molecule has 0 radical (unpaired) electrons. The molecule has 0 saturated heterocycles. The maximum atomic E-state index is 7.32. The zero-order valence-electron chi connectivity index (χ0n) is 15.2. The molecule has 0 bridgehead atoms. The monoisotopic (exact) mass is 354 g/mol. The molecule has 2 atom stereocenters. The summed E-state index contributed by atoms with van der Waals surface area (Å²) in [4.78, 5) is 2.39. The summed E-state index contributed by atoms with van der Waals surface area (Å²) in [5.41, 5.74) is 4.22. The quantitative estimate of drug-likeness (QED) is 0.624. The van der Waals surface area contributed by atoms with Gasteiger partial charge in [-0.3, -0.25) is 0 Å². The molecule has 2 nitrogen and oxygen atoms in total. The number of rotatable bonds is 7. The fraction of sp³-hybridized carbons (Fsp3) is 0.409. The van der Waals surface area contributed by atoms with Gasteiger partial charge in [0, 0.05) is 24.8 Å². The molecule has 1 aliphatic carbocycles. The summed E-state index contributed by atoms with van der Waals surface area (Å²) in [6, 6.07) is 21.5. The fourth-order valence-electron chi connectivity index (χ4n) is 2.97. The second-order valence-corrected chi connectivity index (χ2v) is 7.21. The molecule has 2 aromatic carbocycles. The first-order valence-electron chi connectivity index (χ1n) is 8.90. The second-order valence-electron chi connectivity index (χ2n) is 6.65. The summed E-state index contributed by atoms with van der Waals surface area (Å²) < 4.78 is 0. The topological polar surface area (TPSA) is 27.0 Å². The van der Waals surface area contributed by atoms with Gasteiger partial charge in [0.2, 0.25) is 0 Å². The van der Waals surface area contributed by atoms with Gasteiger partial charge < -0.3 is 4.90 Å². The molecule has 25 heavy (non-hydrogen) atoms. The van der Waals surface area contributed by atoms with Gasteiger partial charge in [0.25, 0.3) is 0 Å². The molecule has 0 aliphatic heterocycles. The van der Waals surface area contributed by atoms with Crippen LogP contribution in [0.5, 0.6) is 0 Å². The fourth-order valence-corrected chi connectivity index (χ4v) is 3.31. The van der Waals surface area contributed by atoms with Crippen LogP contribution in [0, 0.1) is 11.3 Å². The summed E-state index contributed by atoms with van der Waals surface area (Å²) in [5.74, 6) is 0.604. The molecular formula is C22H27ClN2. The number of halogens is 1. The third-order valence-corrected chi connectivity index (χ3v) is 4.90. The Morgan fingerprint density at radius 3 is 2.24 bits per heavy atom. The predicted octanol–water partition coefficient (Wildman–Crippen LogP) is 5.38. The summed E-state index contributed by atoms with van der Waals surface area (Å²) >= 11 is 6.11. The van der Waals surface area contributed by atoms with Gasteiger partial charge in [0.1, 0.15) is 0 Å². The summed E-state index contributed by atoms with van der Waals surface area (Å²) in [6.45, 7) is 3.58. The van der Waals surface area contributed by atoms with E-state index in [4.69, 9.17) is 16.9 Å². The van der Waals surface area contributed by atoms with Gasteiger partial charge in [0.15, 0.2) is 0 Å². The molecule has 2 aromatic rings. The van der Waals surface area contributed by atoms with Gasteiger partial charge in [-0.15, -0.1) is 11.6 Å². The number of nitriles is 1. The SMILES string of the molecule is CC#N.CN(CCCc1ccc(C2CC2Cl)cc1)Cc1ccccc1. The molecule has 1 fully saturated rings. The highest BCUT2D eigenvalue weighted by atomic mass is 35.5. The zero-order chi connectivity index (χ0) is 18.1. The Hall–Kier alpha value is -1.82. The van der Waals surface area contributed by atoms with E-state index in [1.165, 1.54) is 30.0 Å². The van der Waals surface area contributed by atoms with Crippen LogP contribution in [0.25, 0.3) is 0 Å². The lowest BCUT2D eigenvalue weighted by atomic mass is 10.0. The van der Waals surface area contributed by atoms with E-state index in [-0.39, 0.29) is 0 Å². The van der Waals surface area contributed by atoms with Crippen LogP contribution in [0.15, 0.2) is 54.6 Å². The van der Waals surface area contributed by atoms with Crippen molar-refractivity contribution in [3.8, 4) is 6.07 Å². The molecule has 0 spiro atoms. The molecule has 1 aliphatic rings. The Balaban J connectivity index is 0.000000701. The van der Waals surface area contributed by atoms with Crippen molar-refractivity contribution in [3.63, 3.8) is 0 Å². The highest BCUT2D eigenvalue weighted by Crippen LogP contribution is 2.45. The van der Waals surface area contributed by atoms with Gasteiger partial charge in [0.05, 0.1) is 6.07 Å². The molecule has 0 N–H and O–H groups in total. The van der Waals surface area contributed by atoms with E-state index in [2.05, 4.69) is 66.5 Å². The normalized spacial score (nSPS) is 18.2. The standard InChI is InChI=1S/C20H24ClN.C2H3N/c1-22(15-17-6-3-2-4-7-17)13-5-8-16-9-11-18(12-10-16)19-14-20(19)21;1-2-3/h2-4,6-7,9-12,19-20H,5,8,13-15H2,1H3;1H3. The number of nitrogens with zero attached hydrogens (tertiary/aromatic N) is 2. The Bertz CT molecular complexity index is 661. The van der Waals surface area contributed by atoms with E-state index in [0.717, 1.165) is 25.9 Å². The average molecular weight is 355 g/mol. The number of benzene rings is 2. The van der Waals surface area contributed by atoms with Gasteiger partial charge in [-0.05, 0) is 49.5 Å². The largest absolute Gasteiger partial charge is 0.302 e. The van der Waals surface area contributed by atoms with E-state index in [0.29, 0.717) is 11.3 Å². The second kappa shape index (κ2) is 10.2. The summed E-state index contributed by atoms with van der Waals surface area (Å²) in [5, 5.41) is 7.69. The highest BCUT2D eigenvalue weighted by Gasteiger charge is 2.36. The van der Waals surface area contributed by atoms with Crippen molar-refractivity contribution in [1.29, 1.82) is 5.26 Å². The molecular weight excluding hydrogens is 328 g/mol. The molecule has 3 rings (SSSR count). The first kappa shape index (κ1) is 19.5. The van der Waals surface area contributed by atoms with E-state index >= 15 is 0 Å². The van der Waals surface area contributed by atoms with Crippen LogP contribution in [0.1, 0.15) is 42.4 Å². The first-order chi connectivity index (χ1) is 12.1. The van der Waals surface area contributed by atoms with Crippen LogP contribution in [0.2, 0.25) is 0 Å². The molecule has 132 valence electrons. The van der Waals surface area contributed by atoms with Crippen molar-refractivity contribution in [2.75, 3.05) is 13.6 Å². The Kier molecular flexibility index (Phi) is 7.98. The minimum Gasteiger partial charge on any atom is -0.302 e. The maximum absolute atomic E-state index is 7.32. The highest BCUT2D eigenvalue weighted by molar-refractivity contribution is 6.23. The minimum atomic E-state index is 0.373. The first-order valence-corrected chi connectivity index (χ1v) is 9.34. The van der Waals surface area contributed by atoms with Crippen LogP contribution in [0.4, 0.5) is 0 Å². The van der Waals surface area contributed by atoms with Crippen LogP contribution in [-0.4, -0.2) is 23.9 Å². The van der Waals surface area contributed by atoms with E-state index < -0.39 is 0 Å². The number of alkyl halides is 1. The summed E-state index contributed by atoms with van der Waals surface area (Å²) in [7, 11) is 2.20. The van der Waals surface area contributed by atoms with Gasteiger partial charge >= 0.3 is 0 Å². The minimum absolute atomic E-state index is 0.373.